The van der Waals surface area contributed by atoms with Crippen molar-refractivity contribution < 1.29 is 0 Å². The van der Waals surface area contributed by atoms with Crippen molar-refractivity contribution in [2.75, 3.05) is 31.1 Å². The van der Waals surface area contributed by atoms with Crippen molar-refractivity contribution in [3.05, 3.63) is 0 Å². The summed E-state index contributed by atoms with van der Waals surface area (Å²) in [6.07, 6.45) is 8.80. The molecule has 3 rings (SSSR count). The van der Waals surface area contributed by atoms with E-state index in [1.54, 1.807) is 0 Å². The molecule has 21 heavy (non-hydrogen) atoms. The van der Waals surface area contributed by atoms with Crippen LogP contribution in [-0.2, 0) is 0 Å². The molecule has 3 heteroatoms. The predicted octanol–water partition coefficient (Wildman–Crippen LogP) is 3.62. The molecule has 1 aliphatic carbocycles. The Labute approximate surface area is 135 Å². The lowest BCUT2D eigenvalue weighted by molar-refractivity contribution is 0.0616. The molecule has 0 radical (unpaired) electrons. The van der Waals surface area contributed by atoms with Gasteiger partial charge in [0.15, 0.2) is 0 Å². The summed E-state index contributed by atoms with van der Waals surface area (Å²) < 4.78 is 0. The zero-order valence-corrected chi connectivity index (χ0v) is 14.8. The number of thioether (sulfide) groups is 1. The fourth-order valence-electron chi connectivity index (χ4n) is 4.63. The van der Waals surface area contributed by atoms with Gasteiger partial charge in [0.2, 0.25) is 0 Å². The maximum atomic E-state index is 3.93. The summed E-state index contributed by atoms with van der Waals surface area (Å²) >= 11 is 2.17. The standard InChI is InChI=1S/C18H34N2S/c1-14(2)18-10-19-17(16-6-4-3-5-7-16)12-20(18)11-15-8-9-21-13-15/h14-19H,3-13H2,1-2H3. The maximum absolute atomic E-state index is 3.93. The van der Waals surface area contributed by atoms with Crippen LogP contribution in [0.25, 0.3) is 0 Å². The fraction of sp³-hybridized carbons (Fsp3) is 1.00. The number of rotatable bonds is 4. The smallest absolute Gasteiger partial charge is 0.0244 e. The predicted molar refractivity (Wildman–Crippen MR) is 94.0 cm³/mol. The quantitative estimate of drug-likeness (QED) is 0.854. The van der Waals surface area contributed by atoms with Crippen LogP contribution in [0.15, 0.2) is 0 Å². The molecular formula is C18H34N2S. The average molecular weight is 311 g/mol. The van der Waals surface area contributed by atoms with E-state index in [-0.39, 0.29) is 0 Å². The van der Waals surface area contributed by atoms with Gasteiger partial charge in [-0.1, -0.05) is 33.1 Å². The molecule has 3 fully saturated rings. The zero-order valence-electron chi connectivity index (χ0n) is 14.0. The van der Waals surface area contributed by atoms with Gasteiger partial charge in [0.25, 0.3) is 0 Å². The van der Waals surface area contributed by atoms with Gasteiger partial charge in [0.05, 0.1) is 0 Å². The van der Waals surface area contributed by atoms with Crippen LogP contribution < -0.4 is 5.32 Å². The van der Waals surface area contributed by atoms with Gasteiger partial charge in [-0.25, -0.2) is 0 Å². The van der Waals surface area contributed by atoms with Crippen LogP contribution in [0.3, 0.4) is 0 Å². The van der Waals surface area contributed by atoms with E-state index in [2.05, 4.69) is 35.8 Å². The Morgan fingerprint density at radius 1 is 1.14 bits per heavy atom. The fourth-order valence-corrected chi connectivity index (χ4v) is 5.90. The Bertz CT molecular complexity index is 308. The number of hydrogen-bond acceptors (Lipinski definition) is 3. The van der Waals surface area contributed by atoms with Crippen LogP contribution in [0.4, 0.5) is 0 Å². The normalized spacial score (nSPS) is 36.4. The van der Waals surface area contributed by atoms with E-state index in [0.29, 0.717) is 0 Å². The summed E-state index contributed by atoms with van der Waals surface area (Å²) in [5.74, 6) is 5.49. The minimum atomic E-state index is 0.760. The van der Waals surface area contributed by atoms with Gasteiger partial charge in [-0.3, -0.25) is 4.90 Å². The van der Waals surface area contributed by atoms with Crippen LogP contribution in [0.2, 0.25) is 0 Å². The van der Waals surface area contributed by atoms with E-state index in [4.69, 9.17) is 0 Å². The molecule has 0 aromatic rings. The summed E-state index contributed by atoms with van der Waals surface area (Å²) in [5.41, 5.74) is 0. The average Bonchev–Trinajstić information content (AvgIpc) is 3.01. The molecular weight excluding hydrogens is 276 g/mol. The second-order valence-corrected chi connectivity index (χ2v) is 9.06. The highest BCUT2D eigenvalue weighted by molar-refractivity contribution is 7.99. The first kappa shape index (κ1) is 16.1. The molecule has 0 aromatic heterocycles. The first-order chi connectivity index (χ1) is 10.2. The second-order valence-electron chi connectivity index (χ2n) is 7.91. The van der Waals surface area contributed by atoms with Gasteiger partial charge in [0, 0.05) is 31.7 Å². The third kappa shape index (κ3) is 4.17. The van der Waals surface area contributed by atoms with E-state index in [1.165, 1.54) is 69.7 Å². The van der Waals surface area contributed by atoms with Crippen LogP contribution in [0.5, 0.6) is 0 Å². The summed E-state index contributed by atoms with van der Waals surface area (Å²) in [4.78, 5) is 2.87. The topological polar surface area (TPSA) is 15.3 Å². The lowest BCUT2D eigenvalue weighted by atomic mass is 9.82. The number of nitrogens with zero attached hydrogens (tertiary/aromatic N) is 1. The molecule has 3 atom stereocenters. The summed E-state index contributed by atoms with van der Waals surface area (Å²) in [5, 5.41) is 3.93. The van der Waals surface area contributed by atoms with Crippen LogP contribution in [0, 0.1) is 17.8 Å². The minimum Gasteiger partial charge on any atom is -0.311 e. The largest absolute Gasteiger partial charge is 0.311 e. The van der Waals surface area contributed by atoms with Gasteiger partial charge >= 0.3 is 0 Å². The van der Waals surface area contributed by atoms with Crippen molar-refractivity contribution in [2.24, 2.45) is 17.8 Å². The molecule has 0 bridgehead atoms. The number of hydrogen-bond donors (Lipinski definition) is 1. The van der Waals surface area contributed by atoms with Gasteiger partial charge < -0.3 is 5.32 Å². The molecule has 2 aliphatic heterocycles. The Morgan fingerprint density at radius 3 is 2.62 bits per heavy atom. The molecule has 0 amide bonds. The Hall–Kier alpha value is 0.270. The number of nitrogens with one attached hydrogen (secondary N) is 1. The molecule has 2 heterocycles. The van der Waals surface area contributed by atoms with Crippen LogP contribution >= 0.6 is 11.8 Å². The highest BCUT2D eigenvalue weighted by Crippen LogP contribution is 2.31. The van der Waals surface area contributed by atoms with Gasteiger partial charge in [-0.15, -0.1) is 0 Å². The maximum Gasteiger partial charge on any atom is 0.0244 e. The highest BCUT2D eigenvalue weighted by atomic mass is 32.2. The molecule has 1 saturated carbocycles. The summed E-state index contributed by atoms with van der Waals surface area (Å²) in [6, 6.07) is 1.53. The molecule has 3 unspecified atom stereocenters. The van der Waals surface area contributed by atoms with Crippen LogP contribution in [0.1, 0.15) is 52.4 Å². The van der Waals surface area contributed by atoms with Gasteiger partial charge in [-0.2, -0.15) is 11.8 Å². The van der Waals surface area contributed by atoms with Gasteiger partial charge in [0.1, 0.15) is 0 Å². The first-order valence-corrected chi connectivity index (χ1v) is 10.4. The van der Waals surface area contributed by atoms with Crippen molar-refractivity contribution in [3.63, 3.8) is 0 Å². The minimum absolute atomic E-state index is 0.760. The zero-order chi connectivity index (χ0) is 14.7. The van der Waals surface area contributed by atoms with Crippen molar-refractivity contribution in [2.45, 2.75) is 64.5 Å². The van der Waals surface area contributed by atoms with Crippen molar-refractivity contribution >= 4 is 11.8 Å². The third-order valence-electron chi connectivity index (χ3n) is 5.99. The summed E-state index contributed by atoms with van der Waals surface area (Å²) in [7, 11) is 0. The highest BCUT2D eigenvalue weighted by Gasteiger charge is 2.35. The Kier molecular flexibility index (Phi) is 5.92. The molecule has 122 valence electrons. The van der Waals surface area contributed by atoms with Crippen molar-refractivity contribution in [1.29, 1.82) is 0 Å². The molecule has 1 N–H and O–H groups in total. The molecule has 0 spiro atoms. The first-order valence-electron chi connectivity index (χ1n) is 9.29. The lowest BCUT2D eigenvalue weighted by Crippen LogP contribution is -2.61. The lowest BCUT2D eigenvalue weighted by Gasteiger charge is -2.46. The van der Waals surface area contributed by atoms with E-state index in [9.17, 15) is 0 Å². The summed E-state index contributed by atoms with van der Waals surface area (Å²) in [6.45, 7) is 8.71. The Balaban J connectivity index is 1.60. The Morgan fingerprint density at radius 2 is 1.95 bits per heavy atom. The van der Waals surface area contributed by atoms with Crippen LogP contribution in [-0.4, -0.2) is 48.1 Å². The second kappa shape index (κ2) is 7.70. The van der Waals surface area contributed by atoms with Crippen molar-refractivity contribution in [1.82, 2.24) is 10.2 Å². The third-order valence-corrected chi connectivity index (χ3v) is 7.23. The molecule has 3 aliphatic rings. The van der Waals surface area contributed by atoms with E-state index >= 15 is 0 Å². The van der Waals surface area contributed by atoms with Gasteiger partial charge in [-0.05, 0) is 48.5 Å². The van der Waals surface area contributed by atoms with Crippen molar-refractivity contribution in [3.8, 4) is 0 Å². The molecule has 2 nitrogen and oxygen atoms in total. The van der Waals surface area contributed by atoms with E-state index < -0.39 is 0 Å². The number of piperazine rings is 1. The van der Waals surface area contributed by atoms with E-state index in [1.807, 2.05) is 0 Å². The van der Waals surface area contributed by atoms with E-state index in [0.717, 1.165) is 29.8 Å². The molecule has 0 aromatic carbocycles. The monoisotopic (exact) mass is 310 g/mol. The molecule has 2 saturated heterocycles. The SMILES string of the molecule is CC(C)C1CNC(C2CCCCC2)CN1CC1CCSC1.